The second-order valence-electron chi connectivity index (χ2n) is 4.27. The number of thioether (sulfide) groups is 1. The van der Waals surface area contributed by atoms with E-state index in [0.717, 1.165) is 4.88 Å². The predicted molar refractivity (Wildman–Crippen MR) is 78.2 cm³/mol. The van der Waals surface area contributed by atoms with E-state index in [0.29, 0.717) is 11.4 Å². The topological polar surface area (TPSA) is 49.3 Å². The van der Waals surface area contributed by atoms with Gasteiger partial charge < -0.3 is 10.4 Å². The highest BCUT2D eigenvalue weighted by molar-refractivity contribution is 7.99. The fourth-order valence-corrected chi connectivity index (χ4v) is 2.12. The lowest BCUT2D eigenvalue weighted by molar-refractivity contribution is 0.0955. The van der Waals surface area contributed by atoms with Crippen molar-refractivity contribution in [3.63, 3.8) is 0 Å². The van der Waals surface area contributed by atoms with Crippen molar-refractivity contribution in [2.75, 3.05) is 19.4 Å². The molecule has 0 saturated heterocycles. The molecule has 0 aliphatic carbocycles. The smallest absolute Gasteiger partial charge is 0.261 e. The Morgan fingerprint density at radius 3 is 2.89 bits per heavy atom. The van der Waals surface area contributed by atoms with Crippen molar-refractivity contribution in [1.29, 1.82) is 0 Å². The Hall–Kier alpha value is -0.960. The molecule has 0 aliphatic heterocycles. The Bertz CT molecular complexity index is 469. The van der Waals surface area contributed by atoms with Gasteiger partial charge in [0, 0.05) is 11.3 Å². The van der Waals surface area contributed by atoms with Gasteiger partial charge in [-0.25, -0.2) is 0 Å². The number of aliphatic hydroxyl groups is 1. The van der Waals surface area contributed by atoms with E-state index in [9.17, 15) is 4.79 Å². The zero-order chi connectivity index (χ0) is 13.6. The summed E-state index contributed by atoms with van der Waals surface area (Å²) in [6.45, 7) is 4.64. The quantitative estimate of drug-likeness (QED) is 0.831. The standard InChI is InChI=1S/C13H17NO2S2/c1-13(2,17-3)9-14-12(16)11-7-6-10(18-11)5-4-8-15/h6-7,15H,8-9H2,1-3H3,(H,14,16). The van der Waals surface area contributed by atoms with Crippen molar-refractivity contribution in [3.8, 4) is 11.8 Å². The van der Waals surface area contributed by atoms with Gasteiger partial charge in [0.2, 0.25) is 0 Å². The van der Waals surface area contributed by atoms with E-state index in [1.54, 1.807) is 23.9 Å². The molecule has 0 radical (unpaired) electrons. The molecule has 0 aliphatic rings. The number of carbonyl (C=O) groups excluding carboxylic acids is 1. The monoisotopic (exact) mass is 283 g/mol. The highest BCUT2D eigenvalue weighted by Gasteiger charge is 2.18. The lowest BCUT2D eigenvalue weighted by atomic mass is 10.2. The summed E-state index contributed by atoms with van der Waals surface area (Å²) < 4.78 is 0.0342. The van der Waals surface area contributed by atoms with Crippen molar-refractivity contribution < 1.29 is 9.90 Å². The highest BCUT2D eigenvalue weighted by Crippen LogP contribution is 2.20. The summed E-state index contributed by atoms with van der Waals surface area (Å²) in [6.07, 6.45) is 2.03. The summed E-state index contributed by atoms with van der Waals surface area (Å²) in [5.74, 6) is 5.28. The van der Waals surface area contributed by atoms with E-state index < -0.39 is 0 Å². The molecule has 0 spiro atoms. The van der Waals surface area contributed by atoms with Crippen LogP contribution in [0.2, 0.25) is 0 Å². The van der Waals surface area contributed by atoms with Crippen LogP contribution in [0.5, 0.6) is 0 Å². The Kier molecular flexibility index (Phi) is 5.73. The Labute approximate surface area is 116 Å². The van der Waals surface area contributed by atoms with Crippen molar-refractivity contribution >= 4 is 29.0 Å². The molecule has 1 rings (SSSR count). The molecule has 18 heavy (non-hydrogen) atoms. The molecule has 0 fully saturated rings. The Morgan fingerprint density at radius 1 is 1.56 bits per heavy atom. The summed E-state index contributed by atoms with van der Waals surface area (Å²) in [6, 6.07) is 3.55. The maximum atomic E-state index is 11.9. The van der Waals surface area contributed by atoms with Crippen LogP contribution >= 0.6 is 23.1 Å². The van der Waals surface area contributed by atoms with Crippen LogP contribution in [-0.4, -0.2) is 35.2 Å². The summed E-state index contributed by atoms with van der Waals surface area (Å²) in [4.78, 5) is 13.3. The lowest BCUT2D eigenvalue weighted by Gasteiger charge is -2.21. The van der Waals surface area contributed by atoms with Crippen LogP contribution < -0.4 is 5.32 Å². The van der Waals surface area contributed by atoms with Crippen molar-refractivity contribution in [3.05, 3.63) is 21.9 Å². The van der Waals surface area contributed by atoms with Gasteiger partial charge in [0.1, 0.15) is 6.61 Å². The molecule has 0 bridgehead atoms. The molecular formula is C13H17NO2S2. The van der Waals surface area contributed by atoms with Crippen LogP contribution in [0.15, 0.2) is 12.1 Å². The van der Waals surface area contributed by atoms with Crippen LogP contribution in [0.3, 0.4) is 0 Å². The number of hydrogen-bond acceptors (Lipinski definition) is 4. The minimum absolute atomic E-state index is 0.0342. The van der Waals surface area contributed by atoms with Gasteiger partial charge in [-0.1, -0.05) is 11.8 Å². The third kappa shape index (κ3) is 4.73. The SMILES string of the molecule is CSC(C)(C)CNC(=O)c1ccc(C#CCO)s1. The van der Waals surface area contributed by atoms with E-state index >= 15 is 0 Å². The van der Waals surface area contributed by atoms with E-state index in [-0.39, 0.29) is 17.3 Å². The summed E-state index contributed by atoms with van der Waals surface area (Å²) in [5.41, 5.74) is 0. The van der Waals surface area contributed by atoms with Gasteiger partial charge in [-0.05, 0) is 32.2 Å². The number of hydrogen-bond donors (Lipinski definition) is 2. The maximum absolute atomic E-state index is 11.9. The molecule has 3 nitrogen and oxygen atoms in total. The minimum atomic E-state index is -0.165. The predicted octanol–water partition coefficient (Wildman–Crippen LogP) is 1.96. The van der Waals surface area contributed by atoms with E-state index in [2.05, 4.69) is 31.0 Å². The van der Waals surface area contributed by atoms with Crippen LogP contribution in [0.1, 0.15) is 28.4 Å². The van der Waals surface area contributed by atoms with Crippen molar-refractivity contribution in [2.45, 2.75) is 18.6 Å². The second kappa shape index (κ2) is 6.83. The molecular weight excluding hydrogens is 266 g/mol. The molecule has 1 heterocycles. The molecule has 0 aromatic carbocycles. The summed E-state index contributed by atoms with van der Waals surface area (Å²) in [7, 11) is 0. The van der Waals surface area contributed by atoms with Gasteiger partial charge in [0.15, 0.2) is 0 Å². The van der Waals surface area contributed by atoms with Crippen LogP contribution in [0.4, 0.5) is 0 Å². The second-order valence-corrected chi connectivity index (χ2v) is 6.87. The maximum Gasteiger partial charge on any atom is 0.261 e. The lowest BCUT2D eigenvalue weighted by Crippen LogP contribution is -2.35. The molecule has 1 aromatic rings. The molecule has 98 valence electrons. The van der Waals surface area contributed by atoms with E-state index in [1.165, 1.54) is 11.3 Å². The first-order valence-corrected chi connectivity index (χ1v) is 7.55. The van der Waals surface area contributed by atoms with Crippen LogP contribution in [0.25, 0.3) is 0 Å². The Balaban J connectivity index is 2.60. The number of rotatable bonds is 4. The van der Waals surface area contributed by atoms with Crippen molar-refractivity contribution in [2.24, 2.45) is 0 Å². The van der Waals surface area contributed by atoms with E-state index in [1.807, 2.05) is 6.26 Å². The fraction of sp³-hybridized carbons (Fsp3) is 0.462. The highest BCUT2D eigenvalue weighted by atomic mass is 32.2. The minimum Gasteiger partial charge on any atom is -0.384 e. The summed E-state index contributed by atoms with van der Waals surface area (Å²) >= 11 is 3.05. The third-order valence-electron chi connectivity index (χ3n) is 2.35. The van der Waals surface area contributed by atoms with E-state index in [4.69, 9.17) is 5.11 Å². The first-order valence-electron chi connectivity index (χ1n) is 5.51. The zero-order valence-electron chi connectivity index (χ0n) is 10.7. The molecule has 0 unspecified atom stereocenters. The van der Waals surface area contributed by atoms with Gasteiger partial charge in [-0.2, -0.15) is 11.8 Å². The first-order chi connectivity index (χ1) is 8.48. The average molecular weight is 283 g/mol. The third-order valence-corrected chi connectivity index (χ3v) is 4.60. The summed E-state index contributed by atoms with van der Waals surface area (Å²) in [5, 5.41) is 11.5. The molecule has 0 atom stereocenters. The average Bonchev–Trinajstić information content (AvgIpc) is 2.82. The zero-order valence-corrected chi connectivity index (χ0v) is 12.4. The molecule has 0 saturated carbocycles. The van der Waals surface area contributed by atoms with Gasteiger partial charge in [-0.3, -0.25) is 4.79 Å². The van der Waals surface area contributed by atoms with Gasteiger partial charge in [-0.15, -0.1) is 11.3 Å². The number of aliphatic hydroxyl groups excluding tert-OH is 1. The number of amides is 1. The number of carbonyl (C=O) groups is 1. The van der Waals surface area contributed by atoms with Crippen molar-refractivity contribution in [1.82, 2.24) is 5.32 Å². The largest absolute Gasteiger partial charge is 0.384 e. The van der Waals surface area contributed by atoms with Crippen LogP contribution in [-0.2, 0) is 0 Å². The van der Waals surface area contributed by atoms with Gasteiger partial charge in [0.25, 0.3) is 5.91 Å². The number of nitrogens with one attached hydrogen (secondary N) is 1. The van der Waals surface area contributed by atoms with Crippen LogP contribution in [0, 0.1) is 11.8 Å². The van der Waals surface area contributed by atoms with Gasteiger partial charge in [0.05, 0.1) is 9.75 Å². The molecule has 1 aromatic heterocycles. The fourth-order valence-electron chi connectivity index (χ4n) is 1.11. The van der Waals surface area contributed by atoms with Gasteiger partial charge >= 0.3 is 0 Å². The molecule has 2 N–H and O–H groups in total. The molecule has 1 amide bonds. The first kappa shape index (κ1) is 15.1. The Morgan fingerprint density at radius 2 is 2.28 bits per heavy atom. The normalized spacial score (nSPS) is 10.7. The number of thiophene rings is 1. The molecule has 5 heteroatoms.